The highest BCUT2D eigenvalue weighted by atomic mass is 16.6. The monoisotopic (exact) mass is 247 g/mol. The van der Waals surface area contributed by atoms with Crippen LogP contribution in [0.2, 0.25) is 0 Å². The van der Waals surface area contributed by atoms with Crippen LogP contribution >= 0.6 is 0 Å². The molecule has 0 N–H and O–H groups in total. The van der Waals surface area contributed by atoms with Crippen LogP contribution in [-0.4, -0.2) is 17.2 Å². The number of nitriles is 1. The lowest BCUT2D eigenvalue weighted by atomic mass is 10.1. The molecule has 0 bridgehead atoms. The van der Waals surface area contributed by atoms with E-state index in [0.29, 0.717) is 5.75 Å². The minimum absolute atomic E-state index is 0.451. The Morgan fingerprint density at radius 1 is 1.17 bits per heavy atom. The number of carbonyl (C=O) groups excluding carboxylic acids is 1. The molecule has 0 saturated carbocycles. The predicted molar refractivity (Wildman–Crippen MR) is 66.9 cm³/mol. The van der Waals surface area contributed by atoms with E-state index in [9.17, 15) is 4.79 Å². The SMILES string of the molecule is CC(C)(C)OC(=O)C(C)(C#N)Oc1ccccc1. The number of para-hydroxylation sites is 1. The van der Waals surface area contributed by atoms with Gasteiger partial charge in [-0.2, -0.15) is 5.26 Å². The topological polar surface area (TPSA) is 59.3 Å². The van der Waals surface area contributed by atoms with Crippen molar-refractivity contribution in [1.29, 1.82) is 5.26 Å². The lowest BCUT2D eigenvalue weighted by Crippen LogP contribution is -2.44. The lowest BCUT2D eigenvalue weighted by Gasteiger charge is -2.27. The molecule has 0 amide bonds. The van der Waals surface area contributed by atoms with E-state index in [1.807, 2.05) is 12.1 Å². The molecule has 0 radical (unpaired) electrons. The van der Waals surface area contributed by atoms with Crippen LogP contribution in [-0.2, 0) is 9.53 Å². The Hall–Kier alpha value is -2.02. The van der Waals surface area contributed by atoms with Crippen molar-refractivity contribution in [1.82, 2.24) is 0 Å². The summed E-state index contributed by atoms with van der Waals surface area (Å²) in [5, 5.41) is 9.14. The molecule has 1 atom stereocenters. The first-order valence-corrected chi connectivity index (χ1v) is 5.65. The molecule has 0 saturated heterocycles. The molecule has 0 aliphatic carbocycles. The van der Waals surface area contributed by atoms with Crippen LogP contribution in [0.1, 0.15) is 27.7 Å². The van der Waals surface area contributed by atoms with Gasteiger partial charge in [-0.15, -0.1) is 0 Å². The summed E-state index contributed by atoms with van der Waals surface area (Å²) in [6.45, 7) is 6.62. The van der Waals surface area contributed by atoms with E-state index in [0.717, 1.165) is 0 Å². The molecule has 1 aromatic rings. The fourth-order valence-corrected chi connectivity index (χ4v) is 1.21. The van der Waals surface area contributed by atoms with Crippen LogP contribution in [0.5, 0.6) is 5.75 Å². The first-order chi connectivity index (χ1) is 8.27. The van der Waals surface area contributed by atoms with Crippen LogP contribution in [0, 0.1) is 11.3 Å². The van der Waals surface area contributed by atoms with Crippen molar-refractivity contribution in [3.05, 3.63) is 30.3 Å². The predicted octanol–water partition coefficient (Wildman–Crippen LogP) is 2.69. The van der Waals surface area contributed by atoms with E-state index in [1.54, 1.807) is 45.0 Å². The van der Waals surface area contributed by atoms with Crippen molar-refractivity contribution in [3.63, 3.8) is 0 Å². The van der Waals surface area contributed by atoms with Crippen LogP contribution in [0.25, 0.3) is 0 Å². The number of hydrogen-bond acceptors (Lipinski definition) is 4. The van der Waals surface area contributed by atoms with Gasteiger partial charge >= 0.3 is 5.97 Å². The van der Waals surface area contributed by atoms with Gasteiger partial charge in [-0.1, -0.05) is 18.2 Å². The Morgan fingerprint density at radius 3 is 2.17 bits per heavy atom. The van der Waals surface area contributed by atoms with Gasteiger partial charge in [-0.05, 0) is 32.9 Å². The first kappa shape index (κ1) is 14.0. The molecule has 96 valence electrons. The molecule has 1 aromatic carbocycles. The summed E-state index contributed by atoms with van der Waals surface area (Å²) in [6.07, 6.45) is 0. The van der Waals surface area contributed by atoms with Gasteiger partial charge in [0.05, 0.1) is 0 Å². The van der Waals surface area contributed by atoms with E-state index in [2.05, 4.69) is 0 Å². The third-order valence-corrected chi connectivity index (χ3v) is 2.07. The molecule has 1 rings (SSSR count). The second kappa shape index (κ2) is 5.09. The fourth-order valence-electron chi connectivity index (χ4n) is 1.21. The van der Waals surface area contributed by atoms with Gasteiger partial charge < -0.3 is 9.47 Å². The fraction of sp³-hybridized carbons (Fsp3) is 0.429. The van der Waals surface area contributed by atoms with E-state index < -0.39 is 17.2 Å². The lowest BCUT2D eigenvalue weighted by molar-refractivity contribution is -0.167. The van der Waals surface area contributed by atoms with Gasteiger partial charge in [0.15, 0.2) is 0 Å². The summed E-state index contributed by atoms with van der Waals surface area (Å²) in [5.74, 6) is -0.242. The second-order valence-electron chi connectivity index (χ2n) is 5.06. The summed E-state index contributed by atoms with van der Waals surface area (Å²) in [6, 6.07) is 10.6. The number of hydrogen-bond donors (Lipinski definition) is 0. The molecular weight excluding hydrogens is 230 g/mol. The molecule has 0 fully saturated rings. The number of benzene rings is 1. The Morgan fingerprint density at radius 2 is 1.72 bits per heavy atom. The smallest absolute Gasteiger partial charge is 0.365 e. The van der Waals surface area contributed by atoms with Crippen LogP contribution in [0.3, 0.4) is 0 Å². The maximum Gasteiger partial charge on any atom is 0.365 e. The summed E-state index contributed by atoms with van der Waals surface area (Å²) in [5.41, 5.74) is -2.30. The summed E-state index contributed by atoms with van der Waals surface area (Å²) >= 11 is 0. The largest absolute Gasteiger partial charge is 0.461 e. The number of rotatable bonds is 3. The molecular formula is C14H17NO3. The Bertz CT molecular complexity index is 456. The molecule has 0 spiro atoms. The average molecular weight is 247 g/mol. The number of ether oxygens (including phenoxy) is 2. The highest BCUT2D eigenvalue weighted by Gasteiger charge is 2.40. The zero-order valence-corrected chi connectivity index (χ0v) is 11.1. The Labute approximate surface area is 107 Å². The highest BCUT2D eigenvalue weighted by molar-refractivity contribution is 5.83. The summed E-state index contributed by atoms with van der Waals surface area (Å²) in [7, 11) is 0. The van der Waals surface area contributed by atoms with E-state index in [4.69, 9.17) is 14.7 Å². The van der Waals surface area contributed by atoms with Crippen molar-refractivity contribution in [3.8, 4) is 11.8 Å². The standard InChI is InChI=1S/C14H17NO3/c1-13(2,3)18-12(16)14(4,10-15)17-11-8-6-5-7-9-11/h5-9H,1-4H3. The van der Waals surface area contributed by atoms with E-state index >= 15 is 0 Å². The highest BCUT2D eigenvalue weighted by Crippen LogP contribution is 2.21. The van der Waals surface area contributed by atoms with Crippen molar-refractivity contribution in [2.24, 2.45) is 0 Å². The van der Waals surface area contributed by atoms with E-state index in [-0.39, 0.29) is 0 Å². The zero-order valence-electron chi connectivity index (χ0n) is 11.1. The number of esters is 1. The third-order valence-electron chi connectivity index (χ3n) is 2.07. The van der Waals surface area contributed by atoms with Crippen molar-refractivity contribution >= 4 is 5.97 Å². The van der Waals surface area contributed by atoms with Crippen LogP contribution in [0.15, 0.2) is 30.3 Å². The van der Waals surface area contributed by atoms with Crippen molar-refractivity contribution < 1.29 is 14.3 Å². The van der Waals surface area contributed by atoms with Crippen molar-refractivity contribution in [2.45, 2.75) is 38.9 Å². The number of carbonyl (C=O) groups is 1. The molecule has 0 aliphatic rings. The number of nitrogens with zero attached hydrogens (tertiary/aromatic N) is 1. The van der Waals surface area contributed by atoms with Crippen molar-refractivity contribution in [2.75, 3.05) is 0 Å². The molecule has 4 heteroatoms. The molecule has 18 heavy (non-hydrogen) atoms. The Kier molecular flexibility index (Phi) is 3.97. The van der Waals surface area contributed by atoms with Gasteiger partial charge in [-0.3, -0.25) is 0 Å². The minimum Gasteiger partial charge on any atom is -0.461 e. The van der Waals surface area contributed by atoms with Gasteiger partial charge in [0.25, 0.3) is 5.60 Å². The summed E-state index contributed by atoms with van der Waals surface area (Å²) < 4.78 is 10.6. The van der Waals surface area contributed by atoms with Gasteiger partial charge in [0.2, 0.25) is 0 Å². The molecule has 0 aromatic heterocycles. The second-order valence-corrected chi connectivity index (χ2v) is 5.06. The van der Waals surface area contributed by atoms with E-state index in [1.165, 1.54) is 6.92 Å². The maximum atomic E-state index is 11.9. The maximum absolute atomic E-state index is 11.9. The van der Waals surface area contributed by atoms with Gasteiger partial charge in [0, 0.05) is 6.92 Å². The molecule has 0 aliphatic heterocycles. The molecule has 0 heterocycles. The summed E-state index contributed by atoms with van der Waals surface area (Å²) in [4.78, 5) is 11.9. The molecule has 1 unspecified atom stereocenters. The van der Waals surface area contributed by atoms with Crippen LogP contribution < -0.4 is 4.74 Å². The third kappa shape index (κ3) is 3.77. The first-order valence-electron chi connectivity index (χ1n) is 5.65. The average Bonchev–Trinajstić information content (AvgIpc) is 2.28. The normalized spacial score (nSPS) is 14.2. The van der Waals surface area contributed by atoms with Crippen LogP contribution in [0.4, 0.5) is 0 Å². The van der Waals surface area contributed by atoms with Gasteiger partial charge in [-0.25, -0.2) is 4.79 Å². The molecule has 4 nitrogen and oxygen atoms in total. The quantitative estimate of drug-likeness (QED) is 0.770. The minimum atomic E-state index is -1.64. The zero-order chi connectivity index (χ0) is 13.8. The Balaban J connectivity index is 2.87. The van der Waals surface area contributed by atoms with Gasteiger partial charge in [0.1, 0.15) is 17.4 Å².